The molecule has 2 heteroatoms. The van der Waals surface area contributed by atoms with Gasteiger partial charge >= 0.3 is 0 Å². The molecule has 0 radical (unpaired) electrons. The fraction of sp³-hybridized carbons (Fsp3) is 0.667. The molecule has 20 heavy (non-hydrogen) atoms. The van der Waals surface area contributed by atoms with Gasteiger partial charge in [0, 0.05) is 12.0 Å². The van der Waals surface area contributed by atoms with E-state index < -0.39 is 0 Å². The second-order valence-corrected chi connectivity index (χ2v) is 6.39. The van der Waals surface area contributed by atoms with Crippen LogP contribution in [-0.4, -0.2) is 19.3 Å². The summed E-state index contributed by atoms with van der Waals surface area (Å²) >= 11 is 0. The first-order chi connectivity index (χ1) is 9.61. The number of rotatable bonds is 6. The Bertz CT molecular complexity index is 398. The molecule has 1 aliphatic heterocycles. The largest absolute Gasteiger partial charge is 0.378 e. The summed E-state index contributed by atoms with van der Waals surface area (Å²) in [4.78, 5) is 0. The summed E-state index contributed by atoms with van der Waals surface area (Å²) in [6.45, 7) is 10.8. The smallest absolute Gasteiger partial charge is 0.0551 e. The molecular formula is C18H29NO. The third-order valence-corrected chi connectivity index (χ3v) is 4.28. The predicted octanol–water partition coefficient (Wildman–Crippen LogP) is 4.28. The van der Waals surface area contributed by atoms with Gasteiger partial charge < -0.3 is 10.1 Å². The average Bonchev–Trinajstić information content (AvgIpc) is 2.86. The Balaban J connectivity index is 2.12. The Hall–Kier alpha value is -0.860. The number of benzene rings is 1. The lowest BCUT2D eigenvalue weighted by atomic mass is 9.89. The van der Waals surface area contributed by atoms with Crippen LogP contribution in [0.1, 0.15) is 63.6 Å². The van der Waals surface area contributed by atoms with Gasteiger partial charge in [0.05, 0.1) is 12.7 Å². The summed E-state index contributed by atoms with van der Waals surface area (Å²) < 4.78 is 5.77. The standard InChI is InChI=1S/C18H29NO/c1-5-10-19-18(17-11-14(4)20-12-17)16-8-6-15(7-9-16)13(2)3/h6-9,13-14,17-19H,5,10-12H2,1-4H3. The summed E-state index contributed by atoms with van der Waals surface area (Å²) in [5, 5.41) is 3.72. The van der Waals surface area contributed by atoms with Crippen molar-refractivity contribution in [2.45, 2.75) is 58.6 Å². The third-order valence-electron chi connectivity index (χ3n) is 4.28. The molecule has 112 valence electrons. The lowest BCUT2D eigenvalue weighted by Crippen LogP contribution is -2.29. The van der Waals surface area contributed by atoms with Gasteiger partial charge in [-0.15, -0.1) is 0 Å². The topological polar surface area (TPSA) is 21.3 Å². The molecule has 1 aromatic rings. The van der Waals surface area contributed by atoms with Gasteiger partial charge in [-0.1, -0.05) is 45.0 Å². The maximum absolute atomic E-state index is 5.77. The second-order valence-electron chi connectivity index (χ2n) is 6.39. The van der Waals surface area contributed by atoms with Crippen molar-refractivity contribution in [2.75, 3.05) is 13.2 Å². The minimum atomic E-state index is 0.404. The van der Waals surface area contributed by atoms with Gasteiger partial charge in [0.1, 0.15) is 0 Å². The zero-order chi connectivity index (χ0) is 14.5. The summed E-state index contributed by atoms with van der Waals surface area (Å²) in [5.74, 6) is 1.20. The summed E-state index contributed by atoms with van der Waals surface area (Å²) in [6, 6.07) is 9.58. The molecule has 0 saturated carbocycles. The monoisotopic (exact) mass is 275 g/mol. The van der Waals surface area contributed by atoms with E-state index in [1.165, 1.54) is 17.5 Å². The molecule has 3 atom stereocenters. The van der Waals surface area contributed by atoms with Crippen LogP contribution in [0.25, 0.3) is 0 Å². The van der Waals surface area contributed by atoms with Gasteiger partial charge in [-0.05, 0) is 43.4 Å². The molecule has 1 aliphatic rings. The van der Waals surface area contributed by atoms with Gasteiger partial charge in [-0.2, -0.15) is 0 Å². The Morgan fingerprint density at radius 1 is 1.20 bits per heavy atom. The number of ether oxygens (including phenoxy) is 1. The zero-order valence-corrected chi connectivity index (χ0v) is 13.4. The van der Waals surface area contributed by atoms with Crippen LogP contribution in [0.4, 0.5) is 0 Å². The van der Waals surface area contributed by atoms with Gasteiger partial charge in [-0.3, -0.25) is 0 Å². The van der Waals surface area contributed by atoms with Crippen LogP contribution in [0.2, 0.25) is 0 Å². The average molecular weight is 275 g/mol. The van der Waals surface area contributed by atoms with E-state index in [4.69, 9.17) is 4.74 Å². The Morgan fingerprint density at radius 2 is 1.85 bits per heavy atom. The van der Waals surface area contributed by atoms with Crippen molar-refractivity contribution in [3.05, 3.63) is 35.4 Å². The van der Waals surface area contributed by atoms with E-state index >= 15 is 0 Å². The highest BCUT2D eigenvalue weighted by atomic mass is 16.5. The van der Waals surface area contributed by atoms with Crippen LogP contribution < -0.4 is 5.32 Å². The maximum Gasteiger partial charge on any atom is 0.0551 e. The molecule has 0 bridgehead atoms. The lowest BCUT2D eigenvalue weighted by molar-refractivity contribution is 0.117. The van der Waals surface area contributed by atoms with Gasteiger partial charge in [0.25, 0.3) is 0 Å². The quantitative estimate of drug-likeness (QED) is 0.837. The molecule has 0 amide bonds. The predicted molar refractivity (Wildman–Crippen MR) is 85.1 cm³/mol. The van der Waals surface area contributed by atoms with Crippen molar-refractivity contribution >= 4 is 0 Å². The van der Waals surface area contributed by atoms with Gasteiger partial charge in [0.2, 0.25) is 0 Å². The van der Waals surface area contributed by atoms with Crippen LogP contribution in [0.15, 0.2) is 24.3 Å². The third kappa shape index (κ3) is 3.83. The lowest BCUT2D eigenvalue weighted by Gasteiger charge is -2.25. The molecule has 0 aromatic heterocycles. The minimum Gasteiger partial charge on any atom is -0.378 e. The number of hydrogen-bond donors (Lipinski definition) is 1. The Labute approximate surface area is 123 Å². The first-order valence-electron chi connectivity index (χ1n) is 8.06. The molecular weight excluding hydrogens is 246 g/mol. The fourth-order valence-corrected chi connectivity index (χ4v) is 3.03. The molecule has 2 rings (SSSR count). The molecule has 1 aromatic carbocycles. The van der Waals surface area contributed by atoms with Crippen LogP contribution in [0.3, 0.4) is 0 Å². The van der Waals surface area contributed by atoms with Crippen LogP contribution in [-0.2, 0) is 4.74 Å². The normalized spacial score (nSPS) is 24.2. The van der Waals surface area contributed by atoms with Crippen LogP contribution in [0.5, 0.6) is 0 Å². The molecule has 0 aliphatic carbocycles. The summed E-state index contributed by atoms with van der Waals surface area (Å²) in [7, 11) is 0. The van der Waals surface area contributed by atoms with E-state index in [1.54, 1.807) is 0 Å². The van der Waals surface area contributed by atoms with E-state index in [1.807, 2.05) is 0 Å². The molecule has 0 spiro atoms. The van der Waals surface area contributed by atoms with E-state index in [0.717, 1.165) is 19.6 Å². The Morgan fingerprint density at radius 3 is 2.35 bits per heavy atom. The first-order valence-corrected chi connectivity index (χ1v) is 8.06. The van der Waals surface area contributed by atoms with Crippen molar-refractivity contribution < 1.29 is 4.74 Å². The minimum absolute atomic E-state index is 0.404. The van der Waals surface area contributed by atoms with E-state index in [-0.39, 0.29) is 0 Å². The van der Waals surface area contributed by atoms with Crippen LogP contribution in [0, 0.1) is 5.92 Å². The first kappa shape index (κ1) is 15.5. The second kappa shape index (κ2) is 7.24. The number of hydrogen-bond acceptors (Lipinski definition) is 2. The van der Waals surface area contributed by atoms with E-state index in [0.29, 0.717) is 24.0 Å². The Kier molecular flexibility index (Phi) is 5.62. The molecule has 1 heterocycles. The van der Waals surface area contributed by atoms with Crippen LogP contribution >= 0.6 is 0 Å². The fourth-order valence-electron chi connectivity index (χ4n) is 3.03. The van der Waals surface area contributed by atoms with Gasteiger partial charge in [0.15, 0.2) is 0 Å². The van der Waals surface area contributed by atoms with E-state index in [2.05, 4.69) is 57.3 Å². The van der Waals surface area contributed by atoms with Crippen molar-refractivity contribution in [1.82, 2.24) is 5.32 Å². The molecule has 1 fully saturated rings. The highest BCUT2D eigenvalue weighted by Crippen LogP contribution is 2.32. The maximum atomic E-state index is 5.77. The summed E-state index contributed by atoms with van der Waals surface area (Å²) in [5.41, 5.74) is 2.82. The molecule has 1 saturated heterocycles. The number of nitrogens with one attached hydrogen (secondary N) is 1. The van der Waals surface area contributed by atoms with Crippen molar-refractivity contribution in [3.8, 4) is 0 Å². The van der Waals surface area contributed by atoms with Crippen molar-refractivity contribution in [2.24, 2.45) is 5.92 Å². The van der Waals surface area contributed by atoms with Gasteiger partial charge in [-0.25, -0.2) is 0 Å². The molecule has 2 nitrogen and oxygen atoms in total. The zero-order valence-electron chi connectivity index (χ0n) is 13.4. The summed E-state index contributed by atoms with van der Waals surface area (Å²) in [6.07, 6.45) is 2.73. The van der Waals surface area contributed by atoms with Crippen molar-refractivity contribution in [3.63, 3.8) is 0 Å². The molecule has 3 unspecified atom stereocenters. The molecule has 1 N–H and O–H groups in total. The highest BCUT2D eigenvalue weighted by Gasteiger charge is 2.30. The van der Waals surface area contributed by atoms with E-state index in [9.17, 15) is 0 Å². The highest BCUT2D eigenvalue weighted by molar-refractivity contribution is 5.27. The van der Waals surface area contributed by atoms with Crippen molar-refractivity contribution in [1.29, 1.82) is 0 Å². The SMILES string of the molecule is CCCNC(c1ccc(C(C)C)cc1)C1COC(C)C1.